The van der Waals surface area contributed by atoms with E-state index < -0.39 is 0 Å². The fraction of sp³-hybridized carbons (Fsp3) is 1.00. The number of ether oxygens (including phenoxy) is 2. The van der Waals surface area contributed by atoms with E-state index in [1.54, 1.807) is 0 Å². The summed E-state index contributed by atoms with van der Waals surface area (Å²) in [6.45, 7) is 11.1. The molecule has 2 fully saturated rings. The molecule has 2 rings (SSSR count). The smallest absolute Gasteiger partial charge is 0.0655 e. The summed E-state index contributed by atoms with van der Waals surface area (Å²) in [7, 11) is 0. The standard InChI is InChI=1S/C13H26N2O2/c1-4-17-12-7-11(13(12,2)3)15-8-10-9-16-6-5-14-10/h10-12,14-15H,4-9H2,1-3H3. The molecule has 0 spiro atoms. The minimum absolute atomic E-state index is 0.255. The maximum atomic E-state index is 5.73. The maximum Gasteiger partial charge on any atom is 0.0655 e. The number of nitrogens with one attached hydrogen (secondary N) is 2. The summed E-state index contributed by atoms with van der Waals surface area (Å²) >= 11 is 0. The van der Waals surface area contributed by atoms with Crippen molar-refractivity contribution in [2.75, 3.05) is 32.9 Å². The van der Waals surface area contributed by atoms with Crippen molar-refractivity contribution in [3.8, 4) is 0 Å². The van der Waals surface area contributed by atoms with Crippen molar-refractivity contribution in [2.45, 2.75) is 45.4 Å². The van der Waals surface area contributed by atoms with E-state index in [9.17, 15) is 0 Å². The molecule has 100 valence electrons. The Balaban J connectivity index is 1.70. The molecule has 3 atom stereocenters. The lowest BCUT2D eigenvalue weighted by Crippen LogP contribution is -2.63. The van der Waals surface area contributed by atoms with Crippen molar-refractivity contribution >= 4 is 0 Å². The number of hydrogen-bond donors (Lipinski definition) is 2. The molecular formula is C13H26N2O2. The van der Waals surface area contributed by atoms with Crippen LogP contribution < -0.4 is 10.6 Å². The van der Waals surface area contributed by atoms with Crippen LogP contribution in [0.2, 0.25) is 0 Å². The van der Waals surface area contributed by atoms with Crippen LogP contribution in [0.1, 0.15) is 27.2 Å². The molecule has 1 saturated carbocycles. The molecule has 1 saturated heterocycles. The highest BCUT2D eigenvalue weighted by atomic mass is 16.5. The zero-order valence-electron chi connectivity index (χ0n) is 11.3. The second-order valence-corrected chi connectivity index (χ2v) is 5.69. The first kappa shape index (κ1) is 13.3. The van der Waals surface area contributed by atoms with Crippen LogP contribution in [0.15, 0.2) is 0 Å². The molecule has 4 nitrogen and oxygen atoms in total. The van der Waals surface area contributed by atoms with Crippen LogP contribution >= 0.6 is 0 Å². The molecule has 0 radical (unpaired) electrons. The van der Waals surface area contributed by atoms with Gasteiger partial charge in [0.25, 0.3) is 0 Å². The van der Waals surface area contributed by atoms with E-state index in [4.69, 9.17) is 9.47 Å². The van der Waals surface area contributed by atoms with Gasteiger partial charge in [0, 0.05) is 37.2 Å². The van der Waals surface area contributed by atoms with Gasteiger partial charge in [0.1, 0.15) is 0 Å². The molecular weight excluding hydrogens is 216 g/mol. The molecule has 0 aromatic rings. The minimum Gasteiger partial charge on any atom is -0.378 e. The summed E-state index contributed by atoms with van der Waals surface area (Å²) in [6, 6.07) is 1.04. The fourth-order valence-corrected chi connectivity index (χ4v) is 2.75. The van der Waals surface area contributed by atoms with Crippen LogP contribution in [-0.2, 0) is 9.47 Å². The van der Waals surface area contributed by atoms with Crippen molar-refractivity contribution in [1.82, 2.24) is 10.6 Å². The third kappa shape index (κ3) is 2.99. The van der Waals surface area contributed by atoms with E-state index in [0.29, 0.717) is 18.2 Å². The Bertz CT molecular complexity index is 240. The Kier molecular flexibility index (Phi) is 4.42. The Morgan fingerprint density at radius 2 is 2.29 bits per heavy atom. The second-order valence-electron chi connectivity index (χ2n) is 5.69. The molecule has 2 aliphatic rings. The van der Waals surface area contributed by atoms with Gasteiger partial charge in [-0.15, -0.1) is 0 Å². The summed E-state index contributed by atoms with van der Waals surface area (Å²) in [5, 5.41) is 7.11. The van der Waals surface area contributed by atoms with Crippen molar-refractivity contribution in [3.05, 3.63) is 0 Å². The maximum absolute atomic E-state index is 5.73. The fourth-order valence-electron chi connectivity index (χ4n) is 2.75. The van der Waals surface area contributed by atoms with Gasteiger partial charge >= 0.3 is 0 Å². The highest BCUT2D eigenvalue weighted by Crippen LogP contribution is 2.42. The monoisotopic (exact) mass is 242 g/mol. The van der Waals surface area contributed by atoms with E-state index >= 15 is 0 Å². The van der Waals surface area contributed by atoms with E-state index in [0.717, 1.165) is 39.3 Å². The van der Waals surface area contributed by atoms with Crippen LogP contribution in [0.3, 0.4) is 0 Å². The summed E-state index contributed by atoms with van der Waals surface area (Å²) < 4.78 is 11.2. The Hall–Kier alpha value is -0.160. The van der Waals surface area contributed by atoms with Gasteiger partial charge in [-0.2, -0.15) is 0 Å². The molecule has 0 bridgehead atoms. The topological polar surface area (TPSA) is 42.5 Å². The SMILES string of the molecule is CCOC1CC(NCC2COCCN2)C1(C)C. The first-order chi connectivity index (χ1) is 8.14. The molecule has 17 heavy (non-hydrogen) atoms. The number of hydrogen-bond acceptors (Lipinski definition) is 4. The number of morpholine rings is 1. The zero-order valence-corrected chi connectivity index (χ0v) is 11.3. The van der Waals surface area contributed by atoms with E-state index in [1.165, 1.54) is 0 Å². The summed E-state index contributed by atoms with van der Waals surface area (Å²) in [4.78, 5) is 0. The molecule has 0 aromatic carbocycles. The third-order valence-electron chi connectivity index (χ3n) is 4.15. The van der Waals surface area contributed by atoms with Gasteiger partial charge < -0.3 is 20.1 Å². The van der Waals surface area contributed by atoms with Crippen LogP contribution in [0.5, 0.6) is 0 Å². The molecule has 1 aliphatic carbocycles. The lowest BCUT2D eigenvalue weighted by atomic mass is 9.64. The first-order valence-corrected chi connectivity index (χ1v) is 6.80. The highest BCUT2D eigenvalue weighted by molar-refractivity contribution is 5.03. The Morgan fingerprint density at radius 3 is 2.88 bits per heavy atom. The quantitative estimate of drug-likeness (QED) is 0.747. The Morgan fingerprint density at radius 1 is 1.47 bits per heavy atom. The molecule has 3 unspecified atom stereocenters. The molecule has 1 aliphatic heterocycles. The number of rotatable bonds is 5. The first-order valence-electron chi connectivity index (χ1n) is 6.80. The third-order valence-corrected chi connectivity index (χ3v) is 4.15. The van der Waals surface area contributed by atoms with E-state index in [-0.39, 0.29) is 5.41 Å². The van der Waals surface area contributed by atoms with Crippen LogP contribution in [-0.4, -0.2) is 51.1 Å². The predicted molar refractivity (Wildman–Crippen MR) is 68.2 cm³/mol. The second kappa shape index (κ2) is 5.65. The molecule has 4 heteroatoms. The van der Waals surface area contributed by atoms with Crippen molar-refractivity contribution in [2.24, 2.45) is 5.41 Å². The summed E-state index contributed by atoms with van der Waals surface area (Å²) in [5.41, 5.74) is 0.255. The minimum atomic E-state index is 0.255. The molecule has 0 aromatic heterocycles. The largest absolute Gasteiger partial charge is 0.378 e. The Labute approximate surface area is 104 Å². The van der Waals surface area contributed by atoms with Crippen LogP contribution in [0.4, 0.5) is 0 Å². The normalized spacial score (nSPS) is 36.5. The summed E-state index contributed by atoms with van der Waals surface area (Å²) in [6.07, 6.45) is 1.55. The molecule has 2 N–H and O–H groups in total. The van der Waals surface area contributed by atoms with Gasteiger partial charge in [-0.1, -0.05) is 13.8 Å². The average Bonchev–Trinajstić information content (AvgIpc) is 2.34. The van der Waals surface area contributed by atoms with Crippen molar-refractivity contribution in [1.29, 1.82) is 0 Å². The van der Waals surface area contributed by atoms with Crippen molar-refractivity contribution < 1.29 is 9.47 Å². The van der Waals surface area contributed by atoms with Gasteiger partial charge in [-0.25, -0.2) is 0 Å². The summed E-state index contributed by atoms with van der Waals surface area (Å²) in [5.74, 6) is 0. The van der Waals surface area contributed by atoms with Gasteiger partial charge in [-0.3, -0.25) is 0 Å². The molecule has 1 heterocycles. The zero-order chi connectivity index (χ0) is 12.3. The van der Waals surface area contributed by atoms with Crippen LogP contribution in [0.25, 0.3) is 0 Å². The van der Waals surface area contributed by atoms with Gasteiger partial charge in [0.05, 0.1) is 19.3 Å². The average molecular weight is 242 g/mol. The van der Waals surface area contributed by atoms with Crippen molar-refractivity contribution in [3.63, 3.8) is 0 Å². The molecule has 0 amide bonds. The highest BCUT2D eigenvalue weighted by Gasteiger charge is 2.48. The lowest BCUT2D eigenvalue weighted by molar-refractivity contribution is -0.114. The van der Waals surface area contributed by atoms with Gasteiger partial charge in [-0.05, 0) is 13.3 Å². The van der Waals surface area contributed by atoms with Crippen LogP contribution in [0, 0.1) is 5.41 Å². The van der Waals surface area contributed by atoms with Gasteiger partial charge in [0.15, 0.2) is 0 Å². The van der Waals surface area contributed by atoms with E-state index in [1.807, 2.05) is 0 Å². The van der Waals surface area contributed by atoms with Gasteiger partial charge in [0.2, 0.25) is 0 Å². The lowest BCUT2D eigenvalue weighted by Gasteiger charge is -2.52. The van der Waals surface area contributed by atoms with E-state index in [2.05, 4.69) is 31.4 Å². The predicted octanol–water partition coefficient (Wildman–Crippen LogP) is 0.768.